The molecule has 2 unspecified atom stereocenters. The lowest BCUT2D eigenvalue weighted by Gasteiger charge is -2.12. The van der Waals surface area contributed by atoms with Gasteiger partial charge in [-0.1, -0.05) is 15.9 Å². The molecule has 1 aliphatic rings. The molecule has 7 heteroatoms. The number of benzene rings is 1. The summed E-state index contributed by atoms with van der Waals surface area (Å²) in [7, 11) is -3.59. The standard InChI is InChI=1S/C11H15BrN2O3S/c1-2-17-10-4-3-7(12)5-11(10)18(15,16)14-9-6-8(9)13/h3-5,8-9,14H,2,6,13H2,1H3. The summed E-state index contributed by atoms with van der Waals surface area (Å²) in [6.07, 6.45) is 0.678. The van der Waals surface area contributed by atoms with Crippen molar-refractivity contribution in [2.45, 2.75) is 30.3 Å². The lowest BCUT2D eigenvalue weighted by Crippen LogP contribution is -2.30. The summed E-state index contributed by atoms with van der Waals surface area (Å²) in [6.45, 7) is 2.22. The van der Waals surface area contributed by atoms with Crippen LogP contribution in [0.4, 0.5) is 0 Å². The zero-order chi connectivity index (χ0) is 13.3. The van der Waals surface area contributed by atoms with E-state index < -0.39 is 10.0 Å². The highest BCUT2D eigenvalue weighted by Crippen LogP contribution is 2.29. The van der Waals surface area contributed by atoms with Crippen molar-refractivity contribution in [3.05, 3.63) is 22.7 Å². The summed E-state index contributed by atoms with van der Waals surface area (Å²) in [5, 5.41) is 0. The lowest BCUT2D eigenvalue weighted by molar-refractivity contribution is 0.331. The molecule has 2 atom stereocenters. The molecule has 100 valence electrons. The zero-order valence-electron chi connectivity index (χ0n) is 9.89. The van der Waals surface area contributed by atoms with Crippen LogP contribution in [0.25, 0.3) is 0 Å². The molecule has 1 fully saturated rings. The van der Waals surface area contributed by atoms with Crippen molar-refractivity contribution in [1.82, 2.24) is 4.72 Å². The highest BCUT2D eigenvalue weighted by Gasteiger charge is 2.38. The number of sulfonamides is 1. The largest absolute Gasteiger partial charge is 0.492 e. The number of ether oxygens (including phenoxy) is 1. The van der Waals surface area contributed by atoms with Crippen LogP contribution in [0.15, 0.2) is 27.6 Å². The summed E-state index contributed by atoms with van der Waals surface area (Å²) in [5.74, 6) is 0.349. The smallest absolute Gasteiger partial charge is 0.244 e. The Balaban J connectivity index is 2.32. The molecule has 18 heavy (non-hydrogen) atoms. The second-order valence-corrected chi connectivity index (χ2v) is 6.75. The van der Waals surface area contributed by atoms with E-state index in [2.05, 4.69) is 20.7 Å². The molecule has 0 amide bonds. The van der Waals surface area contributed by atoms with Gasteiger partial charge in [-0.25, -0.2) is 13.1 Å². The number of hydrogen-bond acceptors (Lipinski definition) is 4. The van der Waals surface area contributed by atoms with Gasteiger partial charge in [0.15, 0.2) is 0 Å². The van der Waals surface area contributed by atoms with Crippen LogP contribution in [0.2, 0.25) is 0 Å². The molecule has 0 aliphatic heterocycles. The molecule has 0 aromatic heterocycles. The molecule has 0 radical (unpaired) electrons. The summed E-state index contributed by atoms with van der Waals surface area (Å²) in [4.78, 5) is 0.137. The minimum atomic E-state index is -3.59. The number of nitrogens with two attached hydrogens (primary N) is 1. The molecule has 0 heterocycles. The van der Waals surface area contributed by atoms with Crippen molar-refractivity contribution in [3.63, 3.8) is 0 Å². The first-order chi connectivity index (χ1) is 8.44. The SMILES string of the molecule is CCOc1ccc(Br)cc1S(=O)(=O)NC1CC1N. The van der Waals surface area contributed by atoms with Crippen molar-refractivity contribution < 1.29 is 13.2 Å². The van der Waals surface area contributed by atoms with Crippen molar-refractivity contribution in [1.29, 1.82) is 0 Å². The van der Waals surface area contributed by atoms with Gasteiger partial charge < -0.3 is 10.5 Å². The second kappa shape index (κ2) is 5.16. The van der Waals surface area contributed by atoms with E-state index in [1.165, 1.54) is 6.07 Å². The maximum absolute atomic E-state index is 12.2. The monoisotopic (exact) mass is 334 g/mol. The molecule has 5 nitrogen and oxygen atoms in total. The van der Waals surface area contributed by atoms with Gasteiger partial charge in [0, 0.05) is 16.6 Å². The van der Waals surface area contributed by atoms with Crippen molar-refractivity contribution in [2.75, 3.05) is 6.61 Å². The Hall–Kier alpha value is -0.630. The number of rotatable bonds is 5. The molecule has 1 aromatic carbocycles. The van der Waals surface area contributed by atoms with E-state index in [0.717, 1.165) is 0 Å². The van der Waals surface area contributed by atoms with Gasteiger partial charge in [0.25, 0.3) is 0 Å². The maximum Gasteiger partial charge on any atom is 0.244 e. The Bertz CT molecular complexity index is 547. The molecule has 0 spiro atoms. The summed E-state index contributed by atoms with van der Waals surface area (Å²) in [6, 6.07) is 4.66. The molecule has 3 N–H and O–H groups in total. The van der Waals surface area contributed by atoms with Gasteiger partial charge in [0.2, 0.25) is 10.0 Å². The number of hydrogen-bond donors (Lipinski definition) is 2. The quantitative estimate of drug-likeness (QED) is 0.848. The molecular formula is C11H15BrN2O3S. The third-order valence-corrected chi connectivity index (χ3v) is 4.65. The normalized spacial score (nSPS) is 22.8. The van der Waals surface area contributed by atoms with Gasteiger partial charge in [-0.2, -0.15) is 0 Å². The van der Waals surface area contributed by atoms with Crippen LogP contribution in [0.3, 0.4) is 0 Å². The first-order valence-corrected chi connectivity index (χ1v) is 7.92. The summed E-state index contributed by atoms with van der Waals surface area (Å²) >= 11 is 3.26. The number of halogens is 1. The van der Waals surface area contributed by atoms with Crippen LogP contribution < -0.4 is 15.2 Å². The van der Waals surface area contributed by atoms with Crippen LogP contribution in [0, 0.1) is 0 Å². The fourth-order valence-corrected chi connectivity index (χ4v) is 3.56. The van der Waals surface area contributed by atoms with Crippen molar-refractivity contribution in [2.24, 2.45) is 5.73 Å². The van der Waals surface area contributed by atoms with Gasteiger partial charge in [-0.3, -0.25) is 0 Å². The first-order valence-electron chi connectivity index (χ1n) is 5.64. The Morgan fingerprint density at radius 2 is 2.22 bits per heavy atom. The molecule has 1 saturated carbocycles. The topological polar surface area (TPSA) is 81.4 Å². The van der Waals surface area contributed by atoms with E-state index in [9.17, 15) is 8.42 Å². The zero-order valence-corrected chi connectivity index (χ0v) is 12.3. The number of nitrogens with one attached hydrogen (secondary N) is 1. The van der Waals surface area contributed by atoms with Gasteiger partial charge in [0.1, 0.15) is 10.6 Å². The van der Waals surface area contributed by atoms with E-state index >= 15 is 0 Å². The van der Waals surface area contributed by atoms with E-state index in [1.54, 1.807) is 12.1 Å². The predicted molar refractivity (Wildman–Crippen MR) is 72.0 cm³/mol. The second-order valence-electron chi connectivity index (χ2n) is 4.15. The Kier molecular flexibility index (Phi) is 3.96. The molecular weight excluding hydrogens is 320 g/mol. The van der Waals surface area contributed by atoms with Crippen LogP contribution in [0.5, 0.6) is 5.75 Å². The average molecular weight is 335 g/mol. The van der Waals surface area contributed by atoms with Crippen molar-refractivity contribution in [3.8, 4) is 5.75 Å². The van der Waals surface area contributed by atoms with Crippen LogP contribution in [0.1, 0.15) is 13.3 Å². The van der Waals surface area contributed by atoms with Crippen LogP contribution >= 0.6 is 15.9 Å². The van der Waals surface area contributed by atoms with Crippen LogP contribution in [-0.4, -0.2) is 27.1 Å². The van der Waals surface area contributed by atoms with Crippen LogP contribution in [-0.2, 0) is 10.0 Å². The van der Waals surface area contributed by atoms with E-state index in [0.29, 0.717) is 23.2 Å². The highest BCUT2D eigenvalue weighted by atomic mass is 79.9. The minimum Gasteiger partial charge on any atom is -0.492 e. The van der Waals surface area contributed by atoms with Gasteiger partial charge >= 0.3 is 0 Å². The molecule has 0 saturated heterocycles. The first kappa shape index (κ1) is 13.8. The predicted octanol–water partition coefficient (Wildman–Crippen LogP) is 1.23. The Morgan fingerprint density at radius 1 is 1.56 bits per heavy atom. The maximum atomic E-state index is 12.2. The third-order valence-electron chi connectivity index (χ3n) is 2.64. The lowest BCUT2D eigenvalue weighted by atomic mass is 10.3. The van der Waals surface area contributed by atoms with Gasteiger partial charge in [-0.15, -0.1) is 0 Å². The molecule has 2 rings (SSSR count). The summed E-state index contributed by atoms with van der Waals surface area (Å²) in [5.41, 5.74) is 5.61. The molecule has 0 bridgehead atoms. The fourth-order valence-electron chi connectivity index (χ4n) is 1.58. The Morgan fingerprint density at radius 3 is 2.78 bits per heavy atom. The Labute approximate surface area is 115 Å². The van der Waals surface area contributed by atoms with E-state index in [4.69, 9.17) is 10.5 Å². The summed E-state index contributed by atoms with van der Waals surface area (Å²) < 4.78 is 33.0. The average Bonchev–Trinajstić information content (AvgIpc) is 2.96. The van der Waals surface area contributed by atoms with Gasteiger partial charge in [-0.05, 0) is 31.5 Å². The molecule has 1 aromatic rings. The van der Waals surface area contributed by atoms with E-state index in [-0.39, 0.29) is 17.0 Å². The minimum absolute atomic E-state index is 0.0810. The fraction of sp³-hybridized carbons (Fsp3) is 0.455. The highest BCUT2D eigenvalue weighted by molar-refractivity contribution is 9.10. The molecule has 1 aliphatic carbocycles. The third kappa shape index (κ3) is 3.03. The van der Waals surface area contributed by atoms with Gasteiger partial charge in [0.05, 0.1) is 6.61 Å². The van der Waals surface area contributed by atoms with E-state index in [1.807, 2.05) is 6.92 Å². The van der Waals surface area contributed by atoms with Crippen molar-refractivity contribution >= 4 is 26.0 Å².